The Kier molecular flexibility index (Phi) is 7.49. The highest BCUT2D eigenvalue weighted by Crippen LogP contribution is 2.51. The maximum absolute atomic E-state index is 15.0. The zero-order valence-corrected chi connectivity index (χ0v) is 24.9. The van der Waals surface area contributed by atoms with Gasteiger partial charge in [0.1, 0.15) is 12.6 Å². The van der Waals surface area contributed by atoms with Crippen LogP contribution in [0, 0.1) is 0 Å². The summed E-state index contributed by atoms with van der Waals surface area (Å²) < 4.78 is 41.6. The molecule has 0 saturated carbocycles. The molecule has 2 aromatic carbocycles. The number of halogens is 2. The SMILES string of the molecule is C[C@@H](NC(=O)[C@@H]1CC2(CN1C(O)CNC(=O)c1ccc3c(c1)-c1ccccc1C3(F)F)OCCO2)c1cc(-c2ncn[nH]2)cs1. The van der Waals surface area contributed by atoms with E-state index in [9.17, 15) is 23.5 Å². The van der Waals surface area contributed by atoms with Crippen LogP contribution in [0.1, 0.15) is 45.7 Å². The average molecular weight is 637 g/mol. The number of likely N-dealkylation sites (tertiary alicyclic amines) is 1. The lowest BCUT2D eigenvalue weighted by Crippen LogP contribution is -2.51. The van der Waals surface area contributed by atoms with Gasteiger partial charge in [-0.3, -0.25) is 19.6 Å². The molecule has 2 saturated heterocycles. The van der Waals surface area contributed by atoms with Crippen molar-refractivity contribution in [1.29, 1.82) is 0 Å². The predicted octanol–water partition coefficient (Wildman–Crippen LogP) is 3.40. The van der Waals surface area contributed by atoms with Crippen LogP contribution in [0.2, 0.25) is 0 Å². The normalized spacial score (nSPS) is 20.9. The maximum atomic E-state index is 15.0. The Morgan fingerprint density at radius 3 is 2.71 bits per heavy atom. The molecule has 45 heavy (non-hydrogen) atoms. The Labute approximate surface area is 260 Å². The number of nitrogens with one attached hydrogen (secondary N) is 3. The van der Waals surface area contributed by atoms with Gasteiger partial charge in [-0.2, -0.15) is 13.9 Å². The van der Waals surface area contributed by atoms with E-state index >= 15 is 0 Å². The summed E-state index contributed by atoms with van der Waals surface area (Å²) >= 11 is 1.48. The van der Waals surface area contributed by atoms with Crippen molar-refractivity contribution in [1.82, 2.24) is 30.7 Å². The van der Waals surface area contributed by atoms with E-state index in [1.54, 1.807) is 23.1 Å². The summed E-state index contributed by atoms with van der Waals surface area (Å²) in [7, 11) is 0. The summed E-state index contributed by atoms with van der Waals surface area (Å²) in [5.41, 5.74) is 1.46. The van der Waals surface area contributed by atoms with Crippen LogP contribution in [0.15, 0.2) is 60.2 Å². The number of hydrogen-bond donors (Lipinski definition) is 4. The summed E-state index contributed by atoms with van der Waals surface area (Å²) in [4.78, 5) is 33.3. The van der Waals surface area contributed by atoms with Crippen molar-refractivity contribution in [3.05, 3.63) is 81.8 Å². The molecule has 14 heteroatoms. The lowest BCUT2D eigenvalue weighted by Gasteiger charge is -2.29. The maximum Gasteiger partial charge on any atom is 0.299 e. The van der Waals surface area contributed by atoms with E-state index < -0.39 is 29.9 Å². The molecule has 0 radical (unpaired) electrons. The Balaban J connectivity index is 1.03. The first-order valence-corrected chi connectivity index (χ1v) is 15.4. The third-order valence-corrected chi connectivity index (χ3v) is 9.66. The number of aromatic nitrogens is 3. The zero-order chi connectivity index (χ0) is 31.3. The Morgan fingerprint density at radius 1 is 1.16 bits per heavy atom. The van der Waals surface area contributed by atoms with Crippen molar-refractivity contribution in [2.75, 3.05) is 26.3 Å². The molecular weight excluding hydrogens is 606 g/mol. The number of H-pyrrole nitrogens is 1. The lowest BCUT2D eigenvalue weighted by molar-refractivity contribution is -0.151. The Morgan fingerprint density at radius 2 is 1.93 bits per heavy atom. The number of thiophene rings is 1. The quantitative estimate of drug-likeness (QED) is 0.231. The van der Waals surface area contributed by atoms with Gasteiger partial charge in [0.2, 0.25) is 5.91 Å². The number of benzene rings is 2. The number of rotatable bonds is 8. The number of alkyl halides is 2. The first-order valence-electron chi connectivity index (χ1n) is 14.5. The highest BCUT2D eigenvalue weighted by molar-refractivity contribution is 7.10. The van der Waals surface area contributed by atoms with Gasteiger partial charge in [-0.25, -0.2) is 4.98 Å². The molecule has 234 valence electrons. The molecule has 3 atom stereocenters. The molecule has 2 fully saturated rings. The van der Waals surface area contributed by atoms with E-state index in [-0.39, 0.29) is 48.1 Å². The highest BCUT2D eigenvalue weighted by atomic mass is 32.1. The molecule has 4 N–H and O–H groups in total. The van der Waals surface area contributed by atoms with E-state index in [0.29, 0.717) is 30.2 Å². The fourth-order valence-electron chi connectivity index (χ4n) is 6.28. The summed E-state index contributed by atoms with van der Waals surface area (Å²) in [6.07, 6.45) is 0.365. The van der Waals surface area contributed by atoms with Crippen molar-refractivity contribution >= 4 is 23.2 Å². The van der Waals surface area contributed by atoms with Crippen molar-refractivity contribution in [2.24, 2.45) is 0 Å². The number of amides is 2. The number of aliphatic hydroxyl groups excluding tert-OH is 1. The van der Waals surface area contributed by atoms with Gasteiger partial charge in [-0.15, -0.1) is 11.3 Å². The molecule has 7 rings (SSSR count). The van der Waals surface area contributed by atoms with E-state index in [4.69, 9.17) is 9.47 Å². The highest BCUT2D eigenvalue weighted by Gasteiger charge is 2.53. The first kappa shape index (κ1) is 29.6. The van der Waals surface area contributed by atoms with E-state index in [1.165, 1.54) is 41.9 Å². The van der Waals surface area contributed by atoms with Gasteiger partial charge in [0.25, 0.3) is 11.8 Å². The van der Waals surface area contributed by atoms with E-state index in [0.717, 1.165) is 10.4 Å². The van der Waals surface area contributed by atoms with Crippen molar-refractivity contribution < 1.29 is 33.0 Å². The largest absolute Gasteiger partial charge is 0.376 e. The lowest BCUT2D eigenvalue weighted by atomic mass is 10.0. The number of carbonyl (C=O) groups excluding carboxylic acids is 2. The minimum absolute atomic E-state index is 0.0970. The molecule has 1 unspecified atom stereocenters. The number of nitrogens with zero attached hydrogens (tertiary/aromatic N) is 3. The number of aromatic amines is 1. The van der Waals surface area contributed by atoms with E-state index in [2.05, 4.69) is 25.8 Å². The molecule has 1 aliphatic carbocycles. The number of ether oxygens (including phenoxy) is 2. The Bertz CT molecular complexity index is 1740. The minimum Gasteiger partial charge on any atom is -0.376 e. The van der Waals surface area contributed by atoms with Gasteiger partial charge in [0.05, 0.1) is 38.4 Å². The second-order valence-electron chi connectivity index (χ2n) is 11.4. The van der Waals surface area contributed by atoms with Crippen LogP contribution in [0.3, 0.4) is 0 Å². The van der Waals surface area contributed by atoms with Gasteiger partial charge in [0.15, 0.2) is 11.6 Å². The molecular formula is C31H30F2N6O5S. The van der Waals surface area contributed by atoms with Crippen LogP contribution in [0.4, 0.5) is 8.78 Å². The van der Waals surface area contributed by atoms with Gasteiger partial charge in [-0.1, -0.05) is 30.3 Å². The minimum atomic E-state index is -3.15. The van der Waals surface area contributed by atoms with Crippen molar-refractivity contribution in [3.8, 4) is 22.5 Å². The van der Waals surface area contributed by atoms with Crippen LogP contribution in [-0.4, -0.2) is 81.4 Å². The zero-order valence-electron chi connectivity index (χ0n) is 24.1. The molecule has 4 aromatic rings. The topological polar surface area (TPSA) is 142 Å². The molecule has 2 amide bonds. The van der Waals surface area contributed by atoms with Gasteiger partial charge < -0.3 is 25.2 Å². The third-order valence-electron chi connectivity index (χ3n) is 8.54. The number of hydrogen-bond acceptors (Lipinski definition) is 9. The van der Waals surface area contributed by atoms with E-state index in [1.807, 2.05) is 18.4 Å². The molecule has 0 bridgehead atoms. The van der Waals surface area contributed by atoms with Gasteiger partial charge in [-0.05, 0) is 36.2 Å². The summed E-state index contributed by atoms with van der Waals surface area (Å²) in [6, 6.07) is 11.1. The molecule has 11 nitrogen and oxygen atoms in total. The second-order valence-corrected chi connectivity index (χ2v) is 12.3. The monoisotopic (exact) mass is 636 g/mol. The molecule has 3 aliphatic rings. The molecule has 4 heterocycles. The van der Waals surface area contributed by atoms with Crippen LogP contribution in [0.5, 0.6) is 0 Å². The average Bonchev–Trinajstić information content (AvgIpc) is 3.88. The third kappa shape index (κ3) is 5.32. The standard InChI is InChI=1S/C31H30F2N6O5S/c1-17(25-11-19(14-45-25)27-35-16-36-38-27)37-29(42)24-12-30(43-8-9-44-30)15-39(24)26(40)13-34-28(41)18-6-7-23-21(10-18)20-4-2-3-5-22(20)31(23,32)33/h2-7,10-11,14,16-17,24,26,40H,8-9,12-13,15H2,1H3,(H,34,41)(H,37,42)(H,35,36,38)/t17-,24+,26?/m1/s1. The van der Waals surface area contributed by atoms with Crippen LogP contribution < -0.4 is 10.6 Å². The fourth-order valence-corrected chi connectivity index (χ4v) is 7.18. The number of aliphatic hydroxyl groups is 1. The predicted molar refractivity (Wildman–Crippen MR) is 159 cm³/mol. The van der Waals surface area contributed by atoms with Crippen LogP contribution in [0.25, 0.3) is 22.5 Å². The van der Waals surface area contributed by atoms with Crippen LogP contribution in [-0.2, 0) is 20.2 Å². The smallest absolute Gasteiger partial charge is 0.299 e. The second kappa shape index (κ2) is 11.4. The fraction of sp³-hybridized carbons (Fsp3) is 0.355. The van der Waals surface area contributed by atoms with Crippen molar-refractivity contribution in [2.45, 2.75) is 43.4 Å². The van der Waals surface area contributed by atoms with Gasteiger partial charge >= 0.3 is 0 Å². The first-order chi connectivity index (χ1) is 21.6. The van der Waals surface area contributed by atoms with Crippen LogP contribution >= 0.6 is 11.3 Å². The summed E-state index contributed by atoms with van der Waals surface area (Å²) in [6.45, 7) is 2.50. The number of carbonyl (C=O) groups is 2. The summed E-state index contributed by atoms with van der Waals surface area (Å²) in [5, 5.41) is 25.6. The molecule has 1 spiro atoms. The van der Waals surface area contributed by atoms with Crippen molar-refractivity contribution in [3.63, 3.8) is 0 Å². The van der Waals surface area contributed by atoms with Gasteiger partial charge in [0, 0.05) is 38.9 Å². The molecule has 2 aliphatic heterocycles. The molecule has 2 aromatic heterocycles. The summed E-state index contributed by atoms with van der Waals surface area (Å²) in [5.74, 6) is -4.43. The Hall–Kier alpha value is -4.08. The number of fused-ring (bicyclic) bond motifs is 3.